The van der Waals surface area contributed by atoms with Crippen molar-refractivity contribution >= 4 is 17.5 Å². The number of rotatable bonds is 2. The molecular formula is C16H20ClN5O. The van der Waals surface area contributed by atoms with Crippen LogP contribution in [-0.2, 0) is 0 Å². The minimum absolute atomic E-state index is 0.0191. The molecule has 6 nitrogen and oxygen atoms in total. The fourth-order valence-corrected chi connectivity index (χ4v) is 3.09. The van der Waals surface area contributed by atoms with Gasteiger partial charge in [-0.2, -0.15) is 5.10 Å². The predicted octanol–water partition coefficient (Wildman–Crippen LogP) is 2.10. The highest BCUT2D eigenvalue weighted by molar-refractivity contribution is 6.33. The van der Waals surface area contributed by atoms with E-state index in [1.807, 2.05) is 19.9 Å². The average Bonchev–Trinajstić information content (AvgIpc) is 2.86. The molecule has 1 atom stereocenters. The predicted molar refractivity (Wildman–Crippen MR) is 89.0 cm³/mol. The first-order chi connectivity index (χ1) is 11.0. The van der Waals surface area contributed by atoms with Crippen molar-refractivity contribution in [1.29, 1.82) is 0 Å². The normalized spacial score (nSPS) is 18.3. The largest absolute Gasteiger partial charge is 0.336 e. The van der Waals surface area contributed by atoms with Crippen molar-refractivity contribution in [3.63, 3.8) is 0 Å². The zero-order chi connectivity index (χ0) is 16.6. The SMILES string of the molecule is Cc1cc(C)n(-c2ccc(Cl)c(C(=O)N3CCCC(N)C3)n2)n1. The molecule has 0 bridgehead atoms. The number of piperidine rings is 1. The van der Waals surface area contributed by atoms with Crippen LogP contribution < -0.4 is 5.73 Å². The van der Waals surface area contributed by atoms with Crippen LogP contribution in [0.15, 0.2) is 18.2 Å². The first-order valence-electron chi connectivity index (χ1n) is 7.71. The molecule has 23 heavy (non-hydrogen) atoms. The van der Waals surface area contributed by atoms with Gasteiger partial charge in [0.25, 0.3) is 5.91 Å². The van der Waals surface area contributed by atoms with Crippen molar-refractivity contribution < 1.29 is 4.79 Å². The Kier molecular flexibility index (Phi) is 4.37. The molecule has 0 saturated carbocycles. The Labute approximate surface area is 140 Å². The lowest BCUT2D eigenvalue weighted by Crippen LogP contribution is -2.46. The van der Waals surface area contributed by atoms with E-state index in [1.165, 1.54) is 0 Å². The second-order valence-electron chi connectivity index (χ2n) is 5.99. The van der Waals surface area contributed by atoms with E-state index in [0.29, 0.717) is 23.9 Å². The summed E-state index contributed by atoms with van der Waals surface area (Å²) in [6.45, 7) is 5.09. The van der Waals surface area contributed by atoms with E-state index >= 15 is 0 Å². The van der Waals surface area contributed by atoms with Gasteiger partial charge in [0, 0.05) is 24.8 Å². The minimum Gasteiger partial charge on any atom is -0.336 e. The van der Waals surface area contributed by atoms with Crippen molar-refractivity contribution in [1.82, 2.24) is 19.7 Å². The number of nitrogens with zero attached hydrogens (tertiary/aromatic N) is 4. The first-order valence-corrected chi connectivity index (χ1v) is 8.08. The molecule has 122 valence electrons. The van der Waals surface area contributed by atoms with Crippen LogP contribution in [0.3, 0.4) is 0 Å². The van der Waals surface area contributed by atoms with Gasteiger partial charge in [-0.05, 0) is 44.9 Å². The van der Waals surface area contributed by atoms with Gasteiger partial charge in [0.15, 0.2) is 5.82 Å². The summed E-state index contributed by atoms with van der Waals surface area (Å²) in [5.41, 5.74) is 8.07. The number of carbonyl (C=O) groups excluding carboxylic acids is 1. The molecule has 2 aromatic rings. The maximum absolute atomic E-state index is 12.7. The molecule has 1 unspecified atom stereocenters. The number of hydrogen-bond acceptors (Lipinski definition) is 4. The summed E-state index contributed by atoms with van der Waals surface area (Å²) in [6, 6.07) is 5.44. The maximum Gasteiger partial charge on any atom is 0.274 e. The van der Waals surface area contributed by atoms with E-state index in [4.69, 9.17) is 17.3 Å². The number of halogens is 1. The van der Waals surface area contributed by atoms with Gasteiger partial charge in [0.2, 0.25) is 0 Å². The van der Waals surface area contributed by atoms with E-state index < -0.39 is 0 Å². The zero-order valence-electron chi connectivity index (χ0n) is 13.3. The molecule has 1 amide bonds. The van der Waals surface area contributed by atoms with Gasteiger partial charge >= 0.3 is 0 Å². The summed E-state index contributed by atoms with van der Waals surface area (Å²) in [5, 5.41) is 4.75. The Hall–Kier alpha value is -1.92. The molecule has 0 aromatic carbocycles. The Morgan fingerprint density at radius 2 is 2.17 bits per heavy atom. The number of nitrogens with two attached hydrogens (primary N) is 1. The average molecular weight is 334 g/mol. The summed E-state index contributed by atoms with van der Waals surface area (Å²) < 4.78 is 1.71. The monoisotopic (exact) mass is 333 g/mol. The highest BCUT2D eigenvalue weighted by Crippen LogP contribution is 2.21. The van der Waals surface area contributed by atoms with Gasteiger partial charge in [-0.25, -0.2) is 9.67 Å². The third kappa shape index (κ3) is 3.23. The number of aryl methyl sites for hydroxylation is 2. The molecule has 1 aliphatic heterocycles. The van der Waals surface area contributed by atoms with Crippen LogP contribution >= 0.6 is 11.6 Å². The highest BCUT2D eigenvalue weighted by Gasteiger charge is 2.25. The van der Waals surface area contributed by atoms with Gasteiger partial charge in [-0.15, -0.1) is 0 Å². The van der Waals surface area contributed by atoms with E-state index in [9.17, 15) is 4.79 Å². The Balaban J connectivity index is 1.94. The van der Waals surface area contributed by atoms with Gasteiger partial charge < -0.3 is 10.6 Å². The second kappa shape index (κ2) is 6.29. The standard InChI is InChI=1S/C16H20ClN5O/c1-10-8-11(2)22(20-10)14-6-5-13(17)15(19-14)16(23)21-7-3-4-12(18)9-21/h5-6,8,12H,3-4,7,9,18H2,1-2H3. The molecule has 1 aliphatic rings. The molecule has 0 aliphatic carbocycles. The van der Waals surface area contributed by atoms with Crippen molar-refractivity contribution in [2.24, 2.45) is 5.73 Å². The molecule has 1 saturated heterocycles. The first kappa shape index (κ1) is 16.0. The van der Waals surface area contributed by atoms with E-state index in [0.717, 1.165) is 24.2 Å². The number of amides is 1. The Morgan fingerprint density at radius 1 is 1.39 bits per heavy atom. The van der Waals surface area contributed by atoms with Gasteiger partial charge in [0.1, 0.15) is 5.69 Å². The van der Waals surface area contributed by atoms with Crippen LogP contribution in [0, 0.1) is 13.8 Å². The van der Waals surface area contributed by atoms with Crippen LogP contribution in [0.5, 0.6) is 0 Å². The minimum atomic E-state index is -0.173. The number of aromatic nitrogens is 3. The van der Waals surface area contributed by atoms with Crippen molar-refractivity contribution in [2.75, 3.05) is 13.1 Å². The third-order valence-corrected chi connectivity index (χ3v) is 4.31. The number of carbonyl (C=O) groups is 1. The van der Waals surface area contributed by atoms with Crippen molar-refractivity contribution in [3.8, 4) is 5.82 Å². The highest BCUT2D eigenvalue weighted by atomic mass is 35.5. The van der Waals surface area contributed by atoms with Crippen LogP contribution in [0.1, 0.15) is 34.7 Å². The van der Waals surface area contributed by atoms with Crippen LogP contribution in [0.4, 0.5) is 0 Å². The van der Waals surface area contributed by atoms with Crippen LogP contribution in [0.2, 0.25) is 5.02 Å². The fraction of sp³-hybridized carbons (Fsp3) is 0.438. The molecular weight excluding hydrogens is 314 g/mol. The smallest absolute Gasteiger partial charge is 0.274 e. The lowest BCUT2D eigenvalue weighted by molar-refractivity contribution is 0.0703. The summed E-state index contributed by atoms with van der Waals surface area (Å²) in [4.78, 5) is 18.9. The lowest BCUT2D eigenvalue weighted by atomic mass is 10.1. The number of pyridine rings is 1. The quantitative estimate of drug-likeness (QED) is 0.913. The topological polar surface area (TPSA) is 77.0 Å². The third-order valence-electron chi connectivity index (χ3n) is 4.01. The molecule has 0 radical (unpaired) electrons. The maximum atomic E-state index is 12.7. The van der Waals surface area contributed by atoms with E-state index in [1.54, 1.807) is 21.7 Å². The summed E-state index contributed by atoms with van der Waals surface area (Å²) in [7, 11) is 0. The lowest BCUT2D eigenvalue weighted by Gasteiger charge is -2.30. The molecule has 7 heteroatoms. The van der Waals surface area contributed by atoms with Gasteiger partial charge in [-0.3, -0.25) is 4.79 Å². The van der Waals surface area contributed by atoms with Crippen molar-refractivity contribution in [2.45, 2.75) is 32.7 Å². The summed E-state index contributed by atoms with van der Waals surface area (Å²) >= 11 is 6.21. The summed E-state index contributed by atoms with van der Waals surface area (Å²) in [6.07, 6.45) is 1.85. The van der Waals surface area contributed by atoms with Gasteiger partial charge in [0.05, 0.1) is 10.7 Å². The zero-order valence-corrected chi connectivity index (χ0v) is 14.0. The summed E-state index contributed by atoms with van der Waals surface area (Å²) in [5.74, 6) is 0.415. The molecule has 3 rings (SSSR count). The van der Waals surface area contributed by atoms with Gasteiger partial charge in [-0.1, -0.05) is 11.6 Å². The molecule has 2 aromatic heterocycles. The number of likely N-dealkylation sites (tertiary alicyclic amines) is 1. The van der Waals surface area contributed by atoms with Crippen molar-refractivity contribution in [3.05, 3.63) is 40.3 Å². The fourth-order valence-electron chi connectivity index (χ4n) is 2.90. The van der Waals surface area contributed by atoms with E-state index in [-0.39, 0.29) is 17.6 Å². The molecule has 3 heterocycles. The molecule has 1 fully saturated rings. The second-order valence-corrected chi connectivity index (χ2v) is 6.40. The Bertz CT molecular complexity index is 742. The molecule has 2 N–H and O–H groups in total. The van der Waals surface area contributed by atoms with Crippen LogP contribution in [-0.4, -0.2) is 44.7 Å². The van der Waals surface area contributed by atoms with Crippen LogP contribution in [0.25, 0.3) is 5.82 Å². The number of hydrogen-bond donors (Lipinski definition) is 1. The van der Waals surface area contributed by atoms with E-state index in [2.05, 4.69) is 10.1 Å². The Morgan fingerprint density at radius 3 is 2.83 bits per heavy atom. The molecule has 0 spiro atoms.